The molecule has 0 aliphatic rings. The second-order valence-electron chi connectivity index (χ2n) is 6.66. The second kappa shape index (κ2) is 5.63. The maximum atomic E-state index is 11.8. The lowest BCUT2D eigenvalue weighted by atomic mass is 9.97. The van der Waals surface area contributed by atoms with Gasteiger partial charge < -0.3 is 9.22 Å². The van der Waals surface area contributed by atoms with E-state index in [0.717, 1.165) is 0 Å². The first kappa shape index (κ1) is 16.1. The number of likely N-dealkylation sites (N-methyl/N-ethyl adjacent to an activating group) is 1. The van der Waals surface area contributed by atoms with Crippen LogP contribution in [0.5, 0.6) is 0 Å². The SMILES string of the molecule is CC(=O)C[C@@H](C[N+](C)(C)C)OC(=O)C(C)(C)C. The number of esters is 1. The maximum absolute atomic E-state index is 11.8. The van der Waals surface area contributed by atoms with Crippen molar-refractivity contribution in [1.29, 1.82) is 0 Å². The number of quaternary nitrogens is 1. The number of hydrogen-bond acceptors (Lipinski definition) is 3. The van der Waals surface area contributed by atoms with Crippen molar-refractivity contribution in [3.63, 3.8) is 0 Å². The molecule has 0 aliphatic heterocycles. The molecule has 0 saturated carbocycles. The van der Waals surface area contributed by atoms with Crippen LogP contribution in [0.3, 0.4) is 0 Å². The highest BCUT2D eigenvalue weighted by Crippen LogP contribution is 2.18. The summed E-state index contributed by atoms with van der Waals surface area (Å²) in [5.41, 5.74) is -0.528. The summed E-state index contributed by atoms with van der Waals surface area (Å²) in [6.07, 6.45) is -0.0450. The van der Waals surface area contributed by atoms with Crippen molar-refractivity contribution in [3.05, 3.63) is 0 Å². The van der Waals surface area contributed by atoms with E-state index >= 15 is 0 Å². The summed E-state index contributed by atoms with van der Waals surface area (Å²) >= 11 is 0. The molecule has 0 rings (SSSR count). The van der Waals surface area contributed by atoms with Crippen LogP contribution in [0.1, 0.15) is 34.1 Å². The van der Waals surface area contributed by atoms with Gasteiger partial charge in [-0.3, -0.25) is 9.59 Å². The van der Waals surface area contributed by atoms with E-state index in [1.54, 1.807) is 0 Å². The van der Waals surface area contributed by atoms with Crippen LogP contribution in [0.25, 0.3) is 0 Å². The van der Waals surface area contributed by atoms with Gasteiger partial charge >= 0.3 is 5.97 Å². The smallest absolute Gasteiger partial charge is 0.311 e. The molecule has 4 nitrogen and oxygen atoms in total. The van der Waals surface area contributed by atoms with Crippen LogP contribution >= 0.6 is 0 Å². The molecule has 0 unspecified atom stereocenters. The molecule has 0 fully saturated rings. The van der Waals surface area contributed by atoms with Crippen LogP contribution in [-0.2, 0) is 14.3 Å². The fraction of sp³-hybridized carbons (Fsp3) is 0.846. The van der Waals surface area contributed by atoms with Gasteiger partial charge in [0, 0.05) is 6.42 Å². The Labute approximate surface area is 105 Å². The Hall–Kier alpha value is -0.900. The molecule has 17 heavy (non-hydrogen) atoms. The van der Waals surface area contributed by atoms with E-state index in [4.69, 9.17) is 4.74 Å². The zero-order valence-corrected chi connectivity index (χ0v) is 12.2. The second-order valence-corrected chi connectivity index (χ2v) is 6.66. The fourth-order valence-corrected chi connectivity index (χ4v) is 1.40. The van der Waals surface area contributed by atoms with E-state index in [1.807, 2.05) is 41.9 Å². The van der Waals surface area contributed by atoms with Crippen molar-refractivity contribution >= 4 is 11.8 Å². The minimum Gasteiger partial charge on any atom is -0.455 e. The predicted molar refractivity (Wildman–Crippen MR) is 67.5 cm³/mol. The van der Waals surface area contributed by atoms with Gasteiger partial charge in [0.1, 0.15) is 12.3 Å². The summed E-state index contributed by atoms with van der Waals surface area (Å²) in [7, 11) is 6.04. The first-order valence-electron chi connectivity index (χ1n) is 5.93. The fourth-order valence-electron chi connectivity index (χ4n) is 1.40. The maximum Gasteiger partial charge on any atom is 0.311 e. The summed E-state index contributed by atoms with van der Waals surface area (Å²) in [5, 5.41) is 0. The molecule has 4 heteroatoms. The topological polar surface area (TPSA) is 43.4 Å². The third-order valence-electron chi connectivity index (χ3n) is 2.15. The highest BCUT2D eigenvalue weighted by Gasteiger charge is 2.29. The molecule has 0 aliphatic carbocycles. The van der Waals surface area contributed by atoms with Crippen molar-refractivity contribution < 1.29 is 18.8 Å². The quantitative estimate of drug-likeness (QED) is 0.545. The van der Waals surface area contributed by atoms with Crippen LogP contribution in [0, 0.1) is 5.41 Å². The van der Waals surface area contributed by atoms with Crippen LogP contribution in [0.15, 0.2) is 0 Å². The largest absolute Gasteiger partial charge is 0.455 e. The average molecular weight is 244 g/mol. The van der Waals surface area contributed by atoms with Crippen molar-refractivity contribution in [2.45, 2.75) is 40.2 Å². The van der Waals surface area contributed by atoms with E-state index in [-0.39, 0.29) is 24.3 Å². The van der Waals surface area contributed by atoms with Gasteiger partial charge in [0.25, 0.3) is 0 Å². The Morgan fingerprint density at radius 2 is 1.65 bits per heavy atom. The molecule has 0 radical (unpaired) electrons. The average Bonchev–Trinajstić information content (AvgIpc) is 1.96. The van der Waals surface area contributed by atoms with Gasteiger partial charge in [-0.15, -0.1) is 0 Å². The Balaban J connectivity index is 4.60. The standard InChI is InChI=1S/C13H26NO3/c1-10(15)8-11(9-14(5,6)7)17-12(16)13(2,3)4/h11H,8-9H2,1-7H3/q+1/t11-/m0/s1. The number of carbonyl (C=O) groups is 2. The van der Waals surface area contributed by atoms with E-state index in [1.165, 1.54) is 6.92 Å². The van der Waals surface area contributed by atoms with E-state index in [0.29, 0.717) is 11.0 Å². The Morgan fingerprint density at radius 3 is 1.94 bits per heavy atom. The molecule has 0 amide bonds. The van der Waals surface area contributed by atoms with Crippen LogP contribution in [0.4, 0.5) is 0 Å². The lowest BCUT2D eigenvalue weighted by Crippen LogP contribution is -2.44. The predicted octanol–water partition coefficient (Wildman–Crippen LogP) is 1.63. The van der Waals surface area contributed by atoms with Gasteiger partial charge in [-0.05, 0) is 27.7 Å². The molecular weight excluding hydrogens is 218 g/mol. The van der Waals surface area contributed by atoms with E-state index in [2.05, 4.69) is 0 Å². The van der Waals surface area contributed by atoms with Gasteiger partial charge in [-0.25, -0.2) is 0 Å². The zero-order chi connectivity index (χ0) is 13.9. The van der Waals surface area contributed by atoms with Gasteiger partial charge in [0.15, 0.2) is 6.10 Å². The molecule has 0 aromatic rings. The van der Waals surface area contributed by atoms with Gasteiger partial charge in [0.2, 0.25) is 0 Å². The molecule has 0 spiro atoms. The highest BCUT2D eigenvalue weighted by atomic mass is 16.5. The van der Waals surface area contributed by atoms with Crippen LogP contribution < -0.4 is 0 Å². The van der Waals surface area contributed by atoms with Gasteiger partial charge in [-0.1, -0.05) is 0 Å². The molecule has 1 atom stereocenters. The number of ether oxygens (including phenoxy) is 1. The molecule has 0 bridgehead atoms. The number of rotatable bonds is 5. The van der Waals surface area contributed by atoms with Gasteiger partial charge in [0.05, 0.1) is 26.6 Å². The third-order valence-corrected chi connectivity index (χ3v) is 2.15. The van der Waals surface area contributed by atoms with Crippen LogP contribution in [0.2, 0.25) is 0 Å². The molecule has 0 saturated heterocycles. The van der Waals surface area contributed by atoms with E-state index in [9.17, 15) is 9.59 Å². The van der Waals surface area contributed by atoms with E-state index < -0.39 is 5.41 Å². The Morgan fingerprint density at radius 1 is 1.18 bits per heavy atom. The van der Waals surface area contributed by atoms with Crippen LogP contribution in [-0.4, -0.2) is 50.0 Å². The van der Waals surface area contributed by atoms with Crippen molar-refractivity contribution in [2.24, 2.45) is 5.41 Å². The summed E-state index contributed by atoms with van der Waals surface area (Å²) in [5.74, 6) is -0.206. The number of hydrogen-bond donors (Lipinski definition) is 0. The number of Topliss-reactive ketones (excluding diaryl/α,β-unsaturated/α-hetero) is 1. The lowest BCUT2D eigenvalue weighted by Gasteiger charge is -2.30. The molecule has 0 aromatic heterocycles. The Kier molecular flexibility index (Phi) is 5.33. The lowest BCUT2D eigenvalue weighted by molar-refractivity contribution is -0.873. The number of nitrogens with zero attached hydrogens (tertiary/aromatic N) is 1. The zero-order valence-electron chi connectivity index (χ0n) is 12.2. The van der Waals surface area contributed by atoms with Crippen molar-refractivity contribution in [1.82, 2.24) is 0 Å². The molecule has 0 heterocycles. The molecule has 0 N–H and O–H groups in total. The Bertz CT molecular complexity index is 284. The first-order chi connectivity index (χ1) is 7.42. The monoisotopic (exact) mass is 244 g/mol. The summed E-state index contributed by atoms with van der Waals surface area (Å²) in [4.78, 5) is 23.0. The van der Waals surface area contributed by atoms with Crippen molar-refractivity contribution in [3.8, 4) is 0 Å². The highest BCUT2D eigenvalue weighted by molar-refractivity contribution is 5.78. The normalized spacial score (nSPS) is 14.3. The summed E-state index contributed by atoms with van der Waals surface area (Å²) in [6, 6.07) is 0. The number of carbonyl (C=O) groups excluding carboxylic acids is 2. The minimum atomic E-state index is -0.528. The minimum absolute atomic E-state index is 0.0464. The molecular formula is C13H26NO3+. The third kappa shape index (κ3) is 7.91. The van der Waals surface area contributed by atoms with Crippen molar-refractivity contribution in [2.75, 3.05) is 27.7 Å². The molecule has 100 valence electrons. The summed E-state index contributed by atoms with van der Waals surface area (Å²) < 4.78 is 6.09. The number of ketones is 1. The first-order valence-corrected chi connectivity index (χ1v) is 5.93. The van der Waals surface area contributed by atoms with Gasteiger partial charge in [-0.2, -0.15) is 0 Å². The summed E-state index contributed by atoms with van der Waals surface area (Å²) in [6.45, 7) is 7.60. The molecule has 0 aromatic carbocycles.